The first kappa shape index (κ1) is 14.1. The van der Waals surface area contributed by atoms with Gasteiger partial charge in [0, 0.05) is 6.54 Å². The van der Waals surface area contributed by atoms with Crippen molar-refractivity contribution in [3.8, 4) is 0 Å². The van der Waals surface area contributed by atoms with Crippen LogP contribution in [-0.2, 0) is 11.3 Å². The van der Waals surface area contributed by atoms with Crippen LogP contribution in [0.2, 0.25) is 0 Å². The average Bonchev–Trinajstić information content (AvgIpc) is 2.92. The predicted molar refractivity (Wildman–Crippen MR) is 79.6 cm³/mol. The second kappa shape index (κ2) is 6.31. The second-order valence-electron chi connectivity index (χ2n) is 5.81. The van der Waals surface area contributed by atoms with Crippen molar-refractivity contribution in [2.75, 3.05) is 13.2 Å². The third-order valence-corrected chi connectivity index (χ3v) is 4.57. The Morgan fingerprint density at radius 2 is 2.00 bits per heavy atom. The Labute approximate surface area is 125 Å². The number of carbonyl (C=O) groups excluding carboxylic acids is 1. The molecule has 1 aliphatic carbocycles. The van der Waals surface area contributed by atoms with E-state index < -0.39 is 0 Å². The van der Waals surface area contributed by atoms with E-state index in [2.05, 4.69) is 12.2 Å². The molecule has 21 heavy (non-hydrogen) atoms. The molecule has 112 valence electrons. The minimum absolute atomic E-state index is 0.00937. The summed E-state index contributed by atoms with van der Waals surface area (Å²) in [4.78, 5) is 14.0. The van der Waals surface area contributed by atoms with Crippen LogP contribution in [0.5, 0.6) is 0 Å². The lowest BCUT2D eigenvalue weighted by Crippen LogP contribution is -2.40. The number of allylic oxidation sites excluding steroid dienone is 2. The number of benzene rings is 1. The Morgan fingerprint density at radius 1 is 1.24 bits per heavy atom. The second-order valence-corrected chi connectivity index (χ2v) is 5.81. The molecule has 0 aromatic heterocycles. The van der Waals surface area contributed by atoms with Gasteiger partial charge in [-0.15, -0.1) is 0 Å². The summed E-state index contributed by atoms with van der Waals surface area (Å²) in [6.45, 7) is 0.977. The van der Waals surface area contributed by atoms with E-state index in [9.17, 15) is 9.90 Å². The molecule has 1 aliphatic heterocycles. The summed E-state index contributed by atoms with van der Waals surface area (Å²) in [6.07, 6.45) is 5.95. The van der Waals surface area contributed by atoms with Crippen LogP contribution in [0.1, 0.15) is 18.4 Å². The van der Waals surface area contributed by atoms with Crippen LogP contribution >= 0.6 is 0 Å². The molecule has 1 fully saturated rings. The zero-order valence-electron chi connectivity index (χ0n) is 12.0. The first-order valence-electron chi connectivity index (χ1n) is 7.52. The van der Waals surface area contributed by atoms with E-state index in [4.69, 9.17) is 4.74 Å². The van der Waals surface area contributed by atoms with Crippen LogP contribution < -0.4 is 0 Å². The van der Waals surface area contributed by atoms with Crippen molar-refractivity contribution in [3.05, 3.63) is 48.0 Å². The van der Waals surface area contributed by atoms with E-state index in [1.165, 1.54) is 0 Å². The van der Waals surface area contributed by atoms with Crippen LogP contribution in [0.25, 0.3) is 0 Å². The zero-order valence-corrected chi connectivity index (χ0v) is 12.0. The summed E-state index contributed by atoms with van der Waals surface area (Å²) < 4.78 is 5.41. The molecule has 0 bridgehead atoms. The summed E-state index contributed by atoms with van der Waals surface area (Å²) >= 11 is 0. The molecule has 1 aromatic rings. The van der Waals surface area contributed by atoms with Gasteiger partial charge in [-0.3, -0.25) is 0 Å². The Hall–Kier alpha value is -1.81. The molecule has 1 saturated heterocycles. The first-order valence-corrected chi connectivity index (χ1v) is 7.52. The maximum Gasteiger partial charge on any atom is 0.410 e. The van der Waals surface area contributed by atoms with E-state index in [0.29, 0.717) is 18.4 Å². The highest BCUT2D eigenvalue weighted by Crippen LogP contribution is 2.37. The van der Waals surface area contributed by atoms with Crippen molar-refractivity contribution in [2.45, 2.75) is 25.5 Å². The highest BCUT2D eigenvalue weighted by atomic mass is 16.6. The molecule has 0 unspecified atom stereocenters. The first-order chi connectivity index (χ1) is 10.3. The number of likely N-dealkylation sites (tertiary alicyclic amines) is 1. The molecule has 3 atom stereocenters. The van der Waals surface area contributed by atoms with Gasteiger partial charge in [-0.1, -0.05) is 42.5 Å². The number of fused-ring (bicyclic) bond motifs is 1. The smallest absolute Gasteiger partial charge is 0.410 e. The van der Waals surface area contributed by atoms with Gasteiger partial charge < -0.3 is 14.7 Å². The van der Waals surface area contributed by atoms with Gasteiger partial charge >= 0.3 is 6.09 Å². The number of hydrogen-bond donors (Lipinski definition) is 1. The molecule has 1 aromatic carbocycles. The number of aliphatic hydroxyl groups excluding tert-OH is 1. The lowest BCUT2D eigenvalue weighted by atomic mass is 9.82. The largest absolute Gasteiger partial charge is 0.445 e. The molecule has 4 heteroatoms. The number of aliphatic hydroxyl groups is 1. The normalized spacial score (nSPS) is 27.5. The quantitative estimate of drug-likeness (QED) is 0.869. The Bertz CT molecular complexity index is 514. The van der Waals surface area contributed by atoms with Crippen molar-refractivity contribution in [1.29, 1.82) is 0 Å². The molecule has 1 N–H and O–H groups in total. The number of rotatable bonds is 3. The van der Waals surface area contributed by atoms with Gasteiger partial charge in [0.15, 0.2) is 0 Å². The van der Waals surface area contributed by atoms with Gasteiger partial charge in [-0.05, 0) is 30.2 Å². The third-order valence-electron chi connectivity index (χ3n) is 4.57. The Morgan fingerprint density at radius 3 is 2.76 bits per heavy atom. The minimum Gasteiger partial charge on any atom is -0.445 e. The summed E-state index contributed by atoms with van der Waals surface area (Å²) in [6, 6.07) is 9.55. The fourth-order valence-electron chi connectivity index (χ4n) is 3.44. The van der Waals surface area contributed by atoms with E-state index in [1.54, 1.807) is 4.90 Å². The molecule has 3 rings (SSSR count). The maximum atomic E-state index is 12.3. The molecule has 0 radical (unpaired) electrons. The SMILES string of the molecule is O=C(OCc1ccccc1)N1C[C@@H]2CC=CC[C@@H]2[C@H]1CO. The molecule has 4 nitrogen and oxygen atoms in total. The summed E-state index contributed by atoms with van der Waals surface area (Å²) in [5, 5.41) is 9.64. The molecular formula is C17H21NO3. The fourth-order valence-corrected chi connectivity index (χ4v) is 3.44. The van der Waals surface area contributed by atoms with Gasteiger partial charge in [-0.2, -0.15) is 0 Å². The highest BCUT2D eigenvalue weighted by Gasteiger charge is 2.43. The number of amides is 1. The predicted octanol–water partition coefficient (Wildman–Crippen LogP) is 2.58. The van der Waals surface area contributed by atoms with Gasteiger partial charge in [-0.25, -0.2) is 4.79 Å². The van der Waals surface area contributed by atoms with Crippen LogP contribution in [-0.4, -0.2) is 35.3 Å². The fraction of sp³-hybridized carbons (Fsp3) is 0.471. The van der Waals surface area contributed by atoms with Crippen LogP contribution in [0.4, 0.5) is 4.79 Å². The molecule has 1 heterocycles. The van der Waals surface area contributed by atoms with Crippen molar-refractivity contribution in [2.24, 2.45) is 11.8 Å². The average molecular weight is 287 g/mol. The lowest BCUT2D eigenvalue weighted by molar-refractivity contribution is 0.0727. The number of hydrogen-bond acceptors (Lipinski definition) is 3. The van der Waals surface area contributed by atoms with Gasteiger partial charge in [0.2, 0.25) is 0 Å². The number of carbonyl (C=O) groups is 1. The highest BCUT2D eigenvalue weighted by molar-refractivity contribution is 5.68. The van der Waals surface area contributed by atoms with Gasteiger partial charge in [0.05, 0.1) is 12.6 Å². The monoisotopic (exact) mass is 287 g/mol. The molecule has 1 amide bonds. The van der Waals surface area contributed by atoms with E-state index in [0.717, 1.165) is 18.4 Å². The van der Waals surface area contributed by atoms with Crippen molar-refractivity contribution >= 4 is 6.09 Å². The van der Waals surface area contributed by atoms with Crippen molar-refractivity contribution in [1.82, 2.24) is 4.90 Å². The standard InChI is InChI=1S/C17H21NO3/c19-11-16-15-9-5-4-8-14(15)10-18(16)17(20)21-12-13-6-2-1-3-7-13/h1-7,14-16,19H,8-12H2/t14-,15-,16+/m0/s1. The van der Waals surface area contributed by atoms with E-state index in [1.807, 2.05) is 30.3 Å². The van der Waals surface area contributed by atoms with E-state index in [-0.39, 0.29) is 25.3 Å². The van der Waals surface area contributed by atoms with Gasteiger partial charge in [0.25, 0.3) is 0 Å². The van der Waals surface area contributed by atoms with Crippen LogP contribution in [0.15, 0.2) is 42.5 Å². The van der Waals surface area contributed by atoms with Crippen LogP contribution in [0.3, 0.4) is 0 Å². The number of nitrogens with zero attached hydrogens (tertiary/aromatic N) is 1. The topological polar surface area (TPSA) is 49.8 Å². The molecule has 2 aliphatic rings. The van der Waals surface area contributed by atoms with Crippen LogP contribution in [0, 0.1) is 11.8 Å². The summed E-state index contributed by atoms with van der Waals surface area (Å²) in [5.74, 6) is 0.820. The maximum absolute atomic E-state index is 12.3. The van der Waals surface area contributed by atoms with Crippen molar-refractivity contribution in [3.63, 3.8) is 0 Å². The lowest BCUT2D eigenvalue weighted by Gasteiger charge is -2.26. The summed E-state index contributed by atoms with van der Waals surface area (Å²) in [7, 11) is 0. The zero-order chi connectivity index (χ0) is 14.7. The number of ether oxygens (including phenoxy) is 1. The molecule has 0 saturated carbocycles. The third kappa shape index (κ3) is 2.95. The molecule has 0 spiro atoms. The van der Waals surface area contributed by atoms with Gasteiger partial charge in [0.1, 0.15) is 6.61 Å². The summed E-state index contributed by atoms with van der Waals surface area (Å²) in [5.41, 5.74) is 0.977. The minimum atomic E-state index is -0.313. The van der Waals surface area contributed by atoms with E-state index >= 15 is 0 Å². The Kier molecular flexibility index (Phi) is 4.25. The molecular weight excluding hydrogens is 266 g/mol. The van der Waals surface area contributed by atoms with Crippen molar-refractivity contribution < 1.29 is 14.6 Å². The Balaban J connectivity index is 1.62.